The van der Waals surface area contributed by atoms with Crippen molar-refractivity contribution in [2.24, 2.45) is 0 Å². The first kappa shape index (κ1) is 14.0. The van der Waals surface area contributed by atoms with Crippen LogP contribution in [0.4, 0.5) is 11.8 Å². The smallest absolute Gasteiger partial charge is 0.223 e. The van der Waals surface area contributed by atoms with Gasteiger partial charge in [-0.25, -0.2) is 13.4 Å². The first-order valence-electron chi connectivity index (χ1n) is 4.85. The molecule has 8 heteroatoms. The van der Waals surface area contributed by atoms with Crippen LogP contribution in [0, 0.1) is 0 Å². The molecule has 96 valence electrons. The zero-order chi connectivity index (χ0) is 13.3. The monoisotopic (exact) mass is 278 g/mol. The maximum Gasteiger partial charge on any atom is 0.223 e. The van der Waals surface area contributed by atoms with E-state index in [0.717, 1.165) is 0 Å². The van der Waals surface area contributed by atoms with Crippen LogP contribution in [0.1, 0.15) is 13.8 Å². The van der Waals surface area contributed by atoms with Gasteiger partial charge >= 0.3 is 0 Å². The maximum absolute atomic E-state index is 11.5. The van der Waals surface area contributed by atoms with Crippen LogP contribution < -0.4 is 11.1 Å². The molecule has 17 heavy (non-hydrogen) atoms. The molecular formula is C9H15ClN4O2S. The van der Waals surface area contributed by atoms with Gasteiger partial charge in [-0.2, -0.15) is 4.98 Å². The van der Waals surface area contributed by atoms with E-state index in [1.807, 2.05) is 0 Å². The van der Waals surface area contributed by atoms with E-state index < -0.39 is 14.6 Å². The fraction of sp³-hybridized carbons (Fsp3) is 0.556. The molecule has 1 aromatic heterocycles. The van der Waals surface area contributed by atoms with Crippen LogP contribution in [0.25, 0.3) is 0 Å². The minimum Gasteiger partial charge on any atom is -0.368 e. The van der Waals surface area contributed by atoms with Crippen LogP contribution in [-0.4, -0.2) is 35.9 Å². The molecule has 0 amide bonds. The molecule has 0 radical (unpaired) electrons. The average Bonchev–Trinajstić information content (AvgIpc) is 2.11. The van der Waals surface area contributed by atoms with E-state index in [4.69, 9.17) is 17.3 Å². The molecule has 1 aromatic rings. The van der Waals surface area contributed by atoms with Crippen molar-refractivity contribution < 1.29 is 8.42 Å². The highest BCUT2D eigenvalue weighted by atomic mass is 35.5. The second-order valence-corrected chi connectivity index (χ2v) is 7.36. The molecule has 0 bridgehead atoms. The van der Waals surface area contributed by atoms with E-state index in [-0.39, 0.29) is 17.6 Å². The van der Waals surface area contributed by atoms with Crippen molar-refractivity contribution in [1.82, 2.24) is 9.97 Å². The van der Waals surface area contributed by atoms with Gasteiger partial charge in [-0.15, -0.1) is 0 Å². The number of nitrogen functional groups attached to an aromatic ring is 1. The molecule has 0 saturated carbocycles. The van der Waals surface area contributed by atoms with Crippen LogP contribution in [0.5, 0.6) is 0 Å². The Kier molecular flexibility index (Phi) is 3.83. The van der Waals surface area contributed by atoms with Crippen molar-refractivity contribution in [1.29, 1.82) is 0 Å². The van der Waals surface area contributed by atoms with E-state index >= 15 is 0 Å². The molecule has 0 spiro atoms. The summed E-state index contributed by atoms with van der Waals surface area (Å²) in [5, 5.41) is 3.08. The largest absolute Gasteiger partial charge is 0.368 e. The third-order valence-corrected chi connectivity index (χ3v) is 4.76. The number of aromatic nitrogens is 2. The van der Waals surface area contributed by atoms with Gasteiger partial charge < -0.3 is 11.1 Å². The van der Waals surface area contributed by atoms with Crippen molar-refractivity contribution in [3.05, 3.63) is 11.2 Å². The van der Waals surface area contributed by atoms with E-state index in [1.54, 1.807) is 13.8 Å². The Balaban J connectivity index is 2.81. The van der Waals surface area contributed by atoms with Crippen LogP contribution in [-0.2, 0) is 9.84 Å². The van der Waals surface area contributed by atoms with E-state index in [1.165, 1.54) is 12.3 Å². The molecule has 0 fully saturated rings. The standard InChI is InChI=1S/C9H15ClN4O2S/c1-9(2,17(3,15)16)5-12-7-4-6(10)13-8(11)14-7/h4H,5H2,1-3H3,(H3,11,12,13,14). The first-order chi connectivity index (χ1) is 7.62. The lowest BCUT2D eigenvalue weighted by Gasteiger charge is -2.23. The molecular weight excluding hydrogens is 264 g/mol. The third kappa shape index (κ3) is 3.71. The summed E-state index contributed by atoms with van der Waals surface area (Å²) in [6, 6.07) is 1.48. The summed E-state index contributed by atoms with van der Waals surface area (Å²) < 4.78 is 22.1. The predicted octanol–water partition coefficient (Wildman–Crippen LogP) is 0.947. The highest BCUT2D eigenvalue weighted by molar-refractivity contribution is 7.92. The molecule has 0 atom stereocenters. The minimum absolute atomic E-state index is 0.0390. The number of anilines is 2. The zero-order valence-corrected chi connectivity index (χ0v) is 11.4. The molecule has 0 aromatic carbocycles. The molecule has 0 aliphatic heterocycles. The summed E-state index contributed by atoms with van der Waals surface area (Å²) >= 11 is 5.70. The van der Waals surface area contributed by atoms with Gasteiger partial charge in [-0.1, -0.05) is 11.6 Å². The van der Waals surface area contributed by atoms with Crippen LogP contribution in [0.3, 0.4) is 0 Å². The van der Waals surface area contributed by atoms with Crippen molar-refractivity contribution in [3.8, 4) is 0 Å². The Morgan fingerprint density at radius 1 is 1.47 bits per heavy atom. The summed E-state index contributed by atoms with van der Waals surface area (Å²) in [5.74, 6) is 0.441. The SMILES string of the molecule is CC(C)(CNc1cc(Cl)nc(N)n1)S(C)(=O)=O. The second kappa shape index (κ2) is 4.66. The van der Waals surface area contributed by atoms with Crippen LogP contribution in [0.15, 0.2) is 6.07 Å². The topological polar surface area (TPSA) is 98.0 Å². The fourth-order valence-electron chi connectivity index (χ4n) is 0.960. The van der Waals surface area contributed by atoms with E-state index in [2.05, 4.69) is 15.3 Å². The summed E-state index contributed by atoms with van der Waals surface area (Å²) in [6.07, 6.45) is 1.19. The lowest BCUT2D eigenvalue weighted by atomic mass is 10.2. The van der Waals surface area contributed by atoms with Gasteiger partial charge in [0, 0.05) is 18.9 Å². The van der Waals surface area contributed by atoms with Crippen molar-refractivity contribution in [2.45, 2.75) is 18.6 Å². The number of hydrogen-bond acceptors (Lipinski definition) is 6. The second-order valence-electron chi connectivity index (χ2n) is 4.32. The molecule has 1 rings (SSSR count). The minimum atomic E-state index is -3.16. The predicted molar refractivity (Wildman–Crippen MR) is 68.9 cm³/mol. The van der Waals surface area contributed by atoms with Crippen LogP contribution in [0.2, 0.25) is 5.15 Å². The van der Waals surface area contributed by atoms with Crippen molar-refractivity contribution >= 4 is 33.2 Å². The molecule has 0 unspecified atom stereocenters. The Morgan fingerprint density at radius 2 is 2.06 bits per heavy atom. The van der Waals surface area contributed by atoms with Gasteiger partial charge in [-0.3, -0.25) is 0 Å². The molecule has 0 aliphatic carbocycles. The van der Waals surface area contributed by atoms with Crippen molar-refractivity contribution in [3.63, 3.8) is 0 Å². The number of halogens is 1. The fourth-order valence-corrected chi connectivity index (χ4v) is 1.48. The van der Waals surface area contributed by atoms with Gasteiger partial charge in [0.15, 0.2) is 9.84 Å². The molecule has 0 saturated heterocycles. The number of nitrogens with zero attached hydrogens (tertiary/aromatic N) is 2. The number of hydrogen-bond donors (Lipinski definition) is 2. The lowest BCUT2D eigenvalue weighted by molar-refractivity contribution is 0.559. The average molecular weight is 279 g/mol. The number of rotatable bonds is 4. The lowest BCUT2D eigenvalue weighted by Crippen LogP contribution is -2.38. The molecule has 3 N–H and O–H groups in total. The normalized spacial score (nSPS) is 12.5. The Labute approximate surface area is 106 Å². The maximum atomic E-state index is 11.5. The molecule has 1 heterocycles. The Bertz CT molecular complexity index is 495. The Hall–Kier alpha value is -1.08. The Morgan fingerprint density at radius 3 is 2.53 bits per heavy atom. The van der Waals surface area contributed by atoms with Gasteiger partial charge in [0.1, 0.15) is 11.0 Å². The summed E-state index contributed by atoms with van der Waals surface area (Å²) in [4.78, 5) is 7.60. The van der Waals surface area contributed by atoms with Gasteiger partial charge in [-0.05, 0) is 13.8 Å². The highest BCUT2D eigenvalue weighted by Crippen LogP contribution is 2.17. The summed E-state index contributed by atoms with van der Waals surface area (Å²) in [5.41, 5.74) is 5.42. The summed E-state index contributed by atoms with van der Waals surface area (Å²) in [6.45, 7) is 3.46. The zero-order valence-electron chi connectivity index (χ0n) is 9.86. The number of nitrogens with one attached hydrogen (secondary N) is 1. The van der Waals surface area contributed by atoms with Crippen LogP contribution >= 0.6 is 11.6 Å². The molecule has 6 nitrogen and oxygen atoms in total. The molecule has 0 aliphatic rings. The van der Waals surface area contributed by atoms with E-state index in [9.17, 15) is 8.42 Å². The van der Waals surface area contributed by atoms with Gasteiger partial charge in [0.05, 0.1) is 4.75 Å². The van der Waals surface area contributed by atoms with E-state index in [0.29, 0.717) is 5.82 Å². The summed E-state index contributed by atoms with van der Waals surface area (Å²) in [7, 11) is -3.16. The quantitative estimate of drug-likeness (QED) is 0.796. The number of nitrogens with two attached hydrogens (primary N) is 1. The first-order valence-corrected chi connectivity index (χ1v) is 7.12. The third-order valence-electron chi connectivity index (χ3n) is 2.41. The van der Waals surface area contributed by atoms with Gasteiger partial charge in [0.25, 0.3) is 0 Å². The van der Waals surface area contributed by atoms with Crippen molar-refractivity contribution in [2.75, 3.05) is 23.9 Å². The van der Waals surface area contributed by atoms with Gasteiger partial charge in [0.2, 0.25) is 5.95 Å². The number of sulfone groups is 1. The highest BCUT2D eigenvalue weighted by Gasteiger charge is 2.29.